The summed E-state index contributed by atoms with van der Waals surface area (Å²) >= 11 is 0. The number of hydrogen-bond donors (Lipinski definition) is 2. The van der Waals surface area contributed by atoms with Crippen LogP contribution in [0.5, 0.6) is 0 Å². The van der Waals surface area contributed by atoms with Crippen molar-refractivity contribution in [1.82, 2.24) is 5.32 Å². The van der Waals surface area contributed by atoms with E-state index in [0.29, 0.717) is 0 Å². The Morgan fingerprint density at radius 2 is 1.70 bits per heavy atom. The number of rotatable bonds is 3. The van der Waals surface area contributed by atoms with Crippen LogP contribution in [0.15, 0.2) is 42.5 Å². The summed E-state index contributed by atoms with van der Waals surface area (Å²) in [6, 6.07) is 9.06. The lowest BCUT2D eigenvalue weighted by atomic mass is 10.1. The highest BCUT2D eigenvalue weighted by molar-refractivity contribution is 5.99. The largest absolute Gasteiger partial charge is 0.398 e. The molecule has 0 saturated heterocycles. The van der Waals surface area contributed by atoms with Gasteiger partial charge in [0.2, 0.25) is 0 Å². The van der Waals surface area contributed by atoms with Gasteiger partial charge in [0.25, 0.3) is 5.91 Å². The first-order chi connectivity index (χ1) is 9.47. The van der Waals surface area contributed by atoms with Crippen molar-refractivity contribution >= 4 is 11.6 Å². The second kappa shape index (κ2) is 5.69. The molecular weight excluding hydrogens is 262 g/mol. The molecule has 1 amide bonds. The lowest BCUT2D eigenvalue weighted by Gasteiger charge is -2.15. The molecule has 20 heavy (non-hydrogen) atoms. The van der Waals surface area contributed by atoms with Gasteiger partial charge < -0.3 is 11.1 Å². The van der Waals surface area contributed by atoms with E-state index < -0.39 is 11.7 Å². The zero-order valence-corrected chi connectivity index (χ0v) is 10.9. The van der Waals surface area contributed by atoms with Gasteiger partial charge in [0.05, 0.1) is 11.6 Å². The van der Waals surface area contributed by atoms with Gasteiger partial charge in [-0.05, 0) is 42.8 Å². The molecule has 0 fully saturated rings. The number of carbonyl (C=O) groups excluding carboxylic acids is 1. The quantitative estimate of drug-likeness (QED) is 0.847. The second-order valence-electron chi connectivity index (χ2n) is 4.48. The minimum atomic E-state index is -0.529. The van der Waals surface area contributed by atoms with Gasteiger partial charge in [-0.25, -0.2) is 8.78 Å². The Morgan fingerprint density at radius 1 is 1.10 bits per heavy atom. The summed E-state index contributed by atoms with van der Waals surface area (Å²) in [7, 11) is 0. The van der Waals surface area contributed by atoms with Gasteiger partial charge >= 0.3 is 0 Å². The maximum atomic E-state index is 13.1. The number of nitrogens with two attached hydrogens (primary N) is 1. The average molecular weight is 276 g/mol. The van der Waals surface area contributed by atoms with Crippen LogP contribution in [0.1, 0.15) is 28.9 Å². The third-order valence-corrected chi connectivity index (χ3v) is 2.98. The van der Waals surface area contributed by atoms with Crippen molar-refractivity contribution in [2.24, 2.45) is 0 Å². The van der Waals surface area contributed by atoms with Crippen LogP contribution in [0.3, 0.4) is 0 Å². The van der Waals surface area contributed by atoms with Gasteiger partial charge in [-0.15, -0.1) is 0 Å². The van der Waals surface area contributed by atoms with E-state index in [1.807, 2.05) is 0 Å². The van der Waals surface area contributed by atoms with Crippen LogP contribution < -0.4 is 11.1 Å². The van der Waals surface area contributed by atoms with E-state index in [4.69, 9.17) is 5.73 Å². The molecule has 3 nitrogen and oxygen atoms in total. The highest BCUT2D eigenvalue weighted by atomic mass is 19.1. The van der Waals surface area contributed by atoms with E-state index in [-0.39, 0.29) is 23.1 Å². The van der Waals surface area contributed by atoms with Crippen molar-refractivity contribution in [3.8, 4) is 0 Å². The van der Waals surface area contributed by atoms with E-state index in [2.05, 4.69) is 5.32 Å². The number of halogens is 2. The Morgan fingerprint density at radius 3 is 2.35 bits per heavy atom. The van der Waals surface area contributed by atoms with Crippen molar-refractivity contribution < 1.29 is 13.6 Å². The molecule has 0 aliphatic carbocycles. The molecule has 5 heteroatoms. The van der Waals surface area contributed by atoms with Crippen LogP contribution in [0.2, 0.25) is 0 Å². The Hall–Kier alpha value is -2.43. The molecule has 2 aromatic rings. The summed E-state index contributed by atoms with van der Waals surface area (Å²) in [4.78, 5) is 12.0. The van der Waals surface area contributed by atoms with Gasteiger partial charge in [-0.3, -0.25) is 4.79 Å². The summed E-state index contributed by atoms with van der Waals surface area (Å²) in [5.41, 5.74) is 6.68. The third kappa shape index (κ3) is 3.12. The zero-order valence-electron chi connectivity index (χ0n) is 10.9. The monoisotopic (exact) mass is 276 g/mol. The Bertz CT molecular complexity index is 626. The minimum absolute atomic E-state index is 0.0824. The van der Waals surface area contributed by atoms with Crippen LogP contribution in [-0.4, -0.2) is 5.91 Å². The first-order valence-electron chi connectivity index (χ1n) is 6.08. The summed E-state index contributed by atoms with van der Waals surface area (Å²) < 4.78 is 26.0. The molecule has 2 aromatic carbocycles. The predicted octanol–water partition coefficient (Wildman–Crippen LogP) is 3.04. The molecule has 0 aromatic heterocycles. The van der Waals surface area contributed by atoms with Gasteiger partial charge in [0.1, 0.15) is 11.6 Å². The first kappa shape index (κ1) is 14.0. The van der Waals surface area contributed by atoms with Crippen LogP contribution in [0, 0.1) is 11.6 Å². The number of nitrogens with one attached hydrogen (secondary N) is 1. The van der Waals surface area contributed by atoms with Gasteiger partial charge in [-0.1, -0.05) is 12.1 Å². The maximum absolute atomic E-state index is 13.1. The van der Waals surface area contributed by atoms with Crippen molar-refractivity contribution in [2.75, 3.05) is 5.73 Å². The van der Waals surface area contributed by atoms with E-state index in [1.54, 1.807) is 19.1 Å². The average Bonchev–Trinajstić information content (AvgIpc) is 2.42. The Labute approximate surface area is 115 Å². The first-order valence-corrected chi connectivity index (χ1v) is 6.08. The van der Waals surface area contributed by atoms with Crippen molar-refractivity contribution in [3.63, 3.8) is 0 Å². The number of carbonyl (C=O) groups is 1. The summed E-state index contributed by atoms with van der Waals surface area (Å²) in [6.07, 6.45) is 0. The minimum Gasteiger partial charge on any atom is -0.398 e. The molecule has 0 saturated carbocycles. The highest BCUT2D eigenvalue weighted by Gasteiger charge is 2.14. The van der Waals surface area contributed by atoms with Gasteiger partial charge in [-0.2, -0.15) is 0 Å². The van der Waals surface area contributed by atoms with Gasteiger partial charge in [0, 0.05) is 5.69 Å². The van der Waals surface area contributed by atoms with E-state index >= 15 is 0 Å². The summed E-state index contributed by atoms with van der Waals surface area (Å²) in [5.74, 6) is -1.35. The predicted molar refractivity (Wildman–Crippen MR) is 73.1 cm³/mol. The summed E-state index contributed by atoms with van der Waals surface area (Å²) in [6.45, 7) is 1.75. The highest BCUT2D eigenvalue weighted by Crippen LogP contribution is 2.17. The number of anilines is 1. The standard InChI is InChI=1S/C15H14F2N2O/c1-9(10-2-4-11(16)5-3-10)19-15(20)13-8-12(17)6-7-14(13)18/h2-9H,18H2,1H3,(H,19,20). The third-order valence-electron chi connectivity index (χ3n) is 2.98. The fourth-order valence-corrected chi connectivity index (χ4v) is 1.83. The lowest BCUT2D eigenvalue weighted by molar-refractivity contribution is 0.0940. The van der Waals surface area contributed by atoms with Crippen LogP contribution >= 0.6 is 0 Å². The molecule has 0 heterocycles. The fourth-order valence-electron chi connectivity index (χ4n) is 1.83. The topological polar surface area (TPSA) is 55.1 Å². The van der Waals surface area contributed by atoms with E-state index in [9.17, 15) is 13.6 Å². The summed E-state index contributed by atoms with van der Waals surface area (Å²) in [5, 5.41) is 2.69. The SMILES string of the molecule is CC(NC(=O)c1cc(F)ccc1N)c1ccc(F)cc1. The Balaban J connectivity index is 2.15. The second-order valence-corrected chi connectivity index (χ2v) is 4.48. The Kier molecular flexibility index (Phi) is 3.98. The number of benzene rings is 2. The normalized spacial score (nSPS) is 11.9. The fraction of sp³-hybridized carbons (Fsp3) is 0.133. The molecule has 104 valence electrons. The van der Waals surface area contributed by atoms with Gasteiger partial charge in [0.15, 0.2) is 0 Å². The lowest BCUT2D eigenvalue weighted by Crippen LogP contribution is -2.27. The van der Waals surface area contributed by atoms with Crippen LogP contribution in [0.25, 0.3) is 0 Å². The number of nitrogen functional groups attached to an aromatic ring is 1. The van der Waals surface area contributed by atoms with Crippen molar-refractivity contribution in [2.45, 2.75) is 13.0 Å². The molecule has 2 rings (SSSR count). The number of hydrogen-bond acceptors (Lipinski definition) is 2. The molecule has 1 atom stereocenters. The van der Waals surface area contributed by atoms with Crippen LogP contribution in [0.4, 0.5) is 14.5 Å². The molecule has 0 spiro atoms. The molecule has 1 unspecified atom stereocenters. The molecule has 0 aliphatic rings. The molecule has 0 aliphatic heterocycles. The molecule has 0 radical (unpaired) electrons. The van der Waals surface area contributed by atoms with Crippen LogP contribution in [-0.2, 0) is 0 Å². The zero-order chi connectivity index (χ0) is 14.7. The smallest absolute Gasteiger partial charge is 0.253 e. The number of amides is 1. The maximum Gasteiger partial charge on any atom is 0.253 e. The van der Waals surface area contributed by atoms with Crippen molar-refractivity contribution in [3.05, 3.63) is 65.2 Å². The molecular formula is C15H14F2N2O. The molecule has 3 N–H and O–H groups in total. The van der Waals surface area contributed by atoms with E-state index in [1.165, 1.54) is 24.3 Å². The van der Waals surface area contributed by atoms with Crippen molar-refractivity contribution in [1.29, 1.82) is 0 Å². The van der Waals surface area contributed by atoms with E-state index in [0.717, 1.165) is 11.6 Å². The molecule has 0 bridgehead atoms.